The molecule has 108 valence electrons. The summed E-state index contributed by atoms with van der Waals surface area (Å²) in [5, 5.41) is 11.9. The van der Waals surface area contributed by atoms with Crippen molar-refractivity contribution in [2.45, 2.75) is 13.0 Å². The highest BCUT2D eigenvalue weighted by atomic mass is 79.9. The zero-order valence-electron chi connectivity index (χ0n) is 11.8. The maximum absolute atomic E-state index is 10.7. The lowest BCUT2D eigenvalue weighted by atomic mass is 10.0. The summed E-state index contributed by atoms with van der Waals surface area (Å²) < 4.78 is 7.57. The number of aliphatic hydroxyl groups is 1. The third-order valence-electron chi connectivity index (χ3n) is 3.52. The predicted molar refractivity (Wildman–Crippen MR) is 91.3 cm³/mol. The van der Waals surface area contributed by atoms with Crippen LogP contribution >= 0.6 is 27.3 Å². The molecule has 1 N–H and O–H groups in total. The minimum Gasteiger partial charge on any atom is -0.496 e. The number of halogens is 1. The van der Waals surface area contributed by atoms with E-state index in [9.17, 15) is 5.11 Å². The molecule has 0 fully saturated rings. The van der Waals surface area contributed by atoms with Crippen LogP contribution in [0.3, 0.4) is 0 Å². The van der Waals surface area contributed by atoms with Crippen LogP contribution in [0.25, 0.3) is 10.1 Å². The molecule has 2 nitrogen and oxygen atoms in total. The molecule has 0 aliphatic rings. The van der Waals surface area contributed by atoms with Crippen LogP contribution in [0.4, 0.5) is 0 Å². The summed E-state index contributed by atoms with van der Waals surface area (Å²) in [6, 6.07) is 14.1. The van der Waals surface area contributed by atoms with E-state index in [0.717, 1.165) is 25.9 Å². The van der Waals surface area contributed by atoms with Gasteiger partial charge >= 0.3 is 0 Å². The van der Waals surface area contributed by atoms with E-state index in [0.29, 0.717) is 5.75 Å². The first-order valence-electron chi connectivity index (χ1n) is 6.60. The Morgan fingerprint density at radius 2 is 1.95 bits per heavy atom. The Balaban J connectivity index is 2.09. The van der Waals surface area contributed by atoms with Gasteiger partial charge in [0, 0.05) is 19.6 Å². The van der Waals surface area contributed by atoms with Crippen LogP contribution in [0.15, 0.2) is 46.9 Å². The molecule has 1 atom stereocenters. The molecule has 3 rings (SSSR count). The maximum atomic E-state index is 10.7. The molecule has 0 saturated carbocycles. The van der Waals surface area contributed by atoms with E-state index >= 15 is 0 Å². The molecule has 0 radical (unpaired) electrons. The van der Waals surface area contributed by atoms with Crippen molar-refractivity contribution in [1.29, 1.82) is 0 Å². The van der Waals surface area contributed by atoms with Gasteiger partial charge in [-0.3, -0.25) is 0 Å². The minimum absolute atomic E-state index is 0.686. The van der Waals surface area contributed by atoms with Gasteiger partial charge in [0.25, 0.3) is 0 Å². The Bertz CT molecular complexity index is 762. The zero-order chi connectivity index (χ0) is 15.0. The highest BCUT2D eigenvalue weighted by Crippen LogP contribution is 2.38. The van der Waals surface area contributed by atoms with Gasteiger partial charge < -0.3 is 9.84 Å². The second-order valence-electron chi connectivity index (χ2n) is 4.93. The second kappa shape index (κ2) is 5.79. The lowest BCUT2D eigenvalue weighted by molar-refractivity contribution is 0.218. The molecule has 3 aromatic rings. The molecule has 21 heavy (non-hydrogen) atoms. The number of rotatable bonds is 3. The Hall–Kier alpha value is -1.36. The van der Waals surface area contributed by atoms with Crippen molar-refractivity contribution in [2.24, 2.45) is 0 Å². The average Bonchev–Trinajstić information content (AvgIpc) is 2.92. The molecule has 0 aliphatic carbocycles. The van der Waals surface area contributed by atoms with Gasteiger partial charge in [-0.2, -0.15) is 0 Å². The van der Waals surface area contributed by atoms with E-state index in [1.54, 1.807) is 18.4 Å². The monoisotopic (exact) mass is 362 g/mol. The minimum atomic E-state index is -0.686. The van der Waals surface area contributed by atoms with E-state index in [1.165, 1.54) is 4.70 Å². The van der Waals surface area contributed by atoms with Crippen LogP contribution in [0.1, 0.15) is 22.1 Å². The maximum Gasteiger partial charge on any atom is 0.125 e. The molecule has 0 amide bonds. The number of fused-ring (bicyclic) bond motifs is 1. The van der Waals surface area contributed by atoms with Crippen molar-refractivity contribution < 1.29 is 9.84 Å². The Labute approximate surface area is 136 Å². The van der Waals surface area contributed by atoms with Gasteiger partial charge in [-0.05, 0) is 42.1 Å². The van der Waals surface area contributed by atoms with E-state index in [-0.39, 0.29) is 0 Å². The largest absolute Gasteiger partial charge is 0.496 e. The molecular weight excluding hydrogens is 348 g/mol. The molecule has 1 heterocycles. The molecular formula is C17H15BrO2S. The number of ether oxygens (including phenoxy) is 1. The third-order valence-corrected chi connectivity index (χ3v) is 5.54. The van der Waals surface area contributed by atoms with E-state index < -0.39 is 6.10 Å². The fourth-order valence-electron chi connectivity index (χ4n) is 2.35. The zero-order valence-corrected chi connectivity index (χ0v) is 14.2. The van der Waals surface area contributed by atoms with Gasteiger partial charge in [-0.15, -0.1) is 11.3 Å². The summed E-state index contributed by atoms with van der Waals surface area (Å²) in [6.07, 6.45) is -0.686. The first-order valence-corrected chi connectivity index (χ1v) is 8.21. The summed E-state index contributed by atoms with van der Waals surface area (Å²) in [4.78, 5) is 0.922. The van der Waals surface area contributed by atoms with Crippen LogP contribution < -0.4 is 4.74 Å². The first-order chi connectivity index (χ1) is 10.1. The molecule has 0 aliphatic heterocycles. The molecule has 2 aromatic carbocycles. The smallest absolute Gasteiger partial charge is 0.125 e. The number of thiophene rings is 1. The number of aryl methyl sites for hydroxylation is 1. The van der Waals surface area contributed by atoms with Gasteiger partial charge in [0.15, 0.2) is 0 Å². The molecule has 1 aromatic heterocycles. The number of aliphatic hydroxyl groups excluding tert-OH is 1. The lowest BCUT2D eigenvalue weighted by Crippen LogP contribution is -2.01. The van der Waals surface area contributed by atoms with Gasteiger partial charge in [0.05, 0.1) is 7.11 Å². The Kier molecular flexibility index (Phi) is 4.02. The van der Waals surface area contributed by atoms with Crippen LogP contribution in [0.2, 0.25) is 0 Å². The molecule has 0 saturated heterocycles. The van der Waals surface area contributed by atoms with Gasteiger partial charge in [-0.25, -0.2) is 0 Å². The quantitative estimate of drug-likeness (QED) is 0.705. The fraction of sp³-hybridized carbons (Fsp3) is 0.176. The van der Waals surface area contributed by atoms with Gasteiger partial charge in [-0.1, -0.05) is 34.1 Å². The highest BCUT2D eigenvalue weighted by Gasteiger charge is 2.19. The van der Waals surface area contributed by atoms with Crippen molar-refractivity contribution in [1.82, 2.24) is 0 Å². The van der Waals surface area contributed by atoms with Gasteiger partial charge in [0.2, 0.25) is 0 Å². The van der Waals surface area contributed by atoms with Crippen LogP contribution in [-0.2, 0) is 0 Å². The Morgan fingerprint density at radius 1 is 1.19 bits per heavy atom. The van der Waals surface area contributed by atoms with Crippen molar-refractivity contribution in [3.05, 3.63) is 62.9 Å². The van der Waals surface area contributed by atoms with Crippen molar-refractivity contribution in [3.8, 4) is 5.75 Å². The van der Waals surface area contributed by atoms with E-state index in [4.69, 9.17) is 4.74 Å². The number of methoxy groups -OCH3 is 1. The lowest BCUT2D eigenvalue weighted by Gasteiger charge is -2.15. The van der Waals surface area contributed by atoms with Crippen LogP contribution in [0, 0.1) is 6.92 Å². The molecule has 4 heteroatoms. The molecule has 1 unspecified atom stereocenters. The number of hydrogen-bond donors (Lipinski definition) is 1. The molecule has 0 bridgehead atoms. The van der Waals surface area contributed by atoms with E-state index in [1.807, 2.05) is 37.3 Å². The van der Waals surface area contributed by atoms with Gasteiger partial charge in [0.1, 0.15) is 11.9 Å². The van der Waals surface area contributed by atoms with Crippen molar-refractivity contribution in [3.63, 3.8) is 0 Å². The average molecular weight is 363 g/mol. The normalized spacial score (nSPS) is 12.6. The standard InChI is InChI=1S/C17H15BrO2S/c1-10-7-14(20-2)12(9-13(10)18)17(19)16-8-11-5-3-4-6-15(11)21-16/h3-9,17,19H,1-2H3. The van der Waals surface area contributed by atoms with Crippen molar-refractivity contribution >= 4 is 37.4 Å². The second-order valence-corrected chi connectivity index (χ2v) is 6.90. The number of hydrogen-bond acceptors (Lipinski definition) is 3. The number of benzene rings is 2. The van der Waals surface area contributed by atoms with Crippen molar-refractivity contribution in [2.75, 3.05) is 7.11 Å². The highest BCUT2D eigenvalue weighted by molar-refractivity contribution is 9.10. The Morgan fingerprint density at radius 3 is 2.67 bits per heavy atom. The summed E-state index contributed by atoms with van der Waals surface area (Å²) in [6.45, 7) is 2.00. The van der Waals surface area contributed by atoms with Crippen LogP contribution in [-0.4, -0.2) is 12.2 Å². The summed E-state index contributed by atoms with van der Waals surface area (Å²) in [5.41, 5.74) is 1.86. The third kappa shape index (κ3) is 2.71. The molecule has 0 spiro atoms. The van der Waals surface area contributed by atoms with E-state index in [2.05, 4.69) is 28.1 Å². The first kappa shape index (κ1) is 14.6. The summed E-state index contributed by atoms with van der Waals surface area (Å²) in [7, 11) is 1.63. The topological polar surface area (TPSA) is 29.5 Å². The summed E-state index contributed by atoms with van der Waals surface area (Å²) >= 11 is 5.13. The SMILES string of the molecule is COc1cc(C)c(Br)cc1C(O)c1cc2ccccc2s1. The fourth-order valence-corrected chi connectivity index (χ4v) is 3.78. The summed E-state index contributed by atoms with van der Waals surface area (Å²) in [5.74, 6) is 0.709. The van der Waals surface area contributed by atoms with Crippen LogP contribution in [0.5, 0.6) is 5.75 Å². The predicted octanol–water partition coefficient (Wildman–Crippen LogP) is 5.06.